The topological polar surface area (TPSA) is 93.1 Å². The van der Waals surface area contributed by atoms with Crippen molar-refractivity contribution < 1.29 is 9.59 Å². The van der Waals surface area contributed by atoms with Crippen LogP contribution in [0.1, 0.15) is 40.1 Å². The van der Waals surface area contributed by atoms with Crippen molar-refractivity contribution in [1.29, 1.82) is 0 Å². The highest BCUT2D eigenvalue weighted by molar-refractivity contribution is 6.07. The molecule has 2 aromatic carbocycles. The normalized spacial score (nSPS) is 10.9. The third-order valence-electron chi connectivity index (χ3n) is 4.35. The van der Waals surface area contributed by atoms with E-state index in [-0.39, 0.29) is 23.4 Å². The zero-order valence-corrected chi connectivity index (χ0v) is 16.2. The van der Waals surface area contributed by atoms with E-state index in [2.05, 4.69) is 15.6 Å². The maximum atomic E-state index is 12.7. The third-order valence-corrected chi connectivity index (χ3v) is 4.35. The molecular formula is C21H22N4O3. The van der Waals surface area contributed by atoms with Gasteiger partial charge in [-0.25, -0.2) is 4.98 Å². The number of carbonyl (C=O) groups is 2. The summed E-state index contributed by atoms with van der Waals surface area (Å²) in [5.41, 5.74) is 2.53. The van der Waals surface area contributed by atoms with E-state index in [0.717, 1.165) is 5.56 Å². The van der Waals surface area contributed by atoms with E-state index in [4.69, 9.17) is 0 Å². The van der Waals surface area contributed by atoms with Crippen molar-refractivity contribution in [3.8, 4) is 0 Å². The summed E-state index contributed by atoms with van der Waals surface area (Å²) in [6.07, 6.45) is 1.42. The Labute approximate surface area is 162 Å². The first kappa shape index (κ1) is 19.3. The maximum Gasteiger partial charge on any atom is 0.260 e. The molecule has 2 N–H and O–H groups in total. The SMILES string of the molecule is Cc1ccc(C(=O)NC(C)C)cc1NC(=O)c1ccc2c(=O)n(C)cnc2c1. The number of carbonyl (C=O) groups excluding carboxylic acids is 2. The number of nitrogens with one attached hydrogen (secondary N) is 2. The molecule has 0 fully saturated rings. The number of nitrogens with zero attached hydrogens (tertiary/aromatic N) is 2. The monoisotopic (exact) mass is 378 g/mol. The fraction of sp³-hybridized carbons (Fsp3) is 0.238. The van der Waals surface area contributed by atoms with Crippen molar-refractivity contribution in [1.82, 2.24) is 14.9 Å². The standard InChI is InChI=1S/C21H22N4O3/c1-12(2)23-19(26)14-6-5-13(3)17(9-14)24-20(27)15-7-8-16-18(10-15)22-11-25(4)21(16)28/h5-12H,1-4H3,(H,23,26)(H,24,27). The van der Waals surface area contributed by atoms with Crippen molar-refractivity contribution in [3.05, 3.63) is 69.8 Å². The average Bonchev–Trinajstić information content (AvgIpc) is 2.65. The van der Waals surface area contributed by atoms with Crippen LogP contribution in [-0.4, -0.2) is 27.4 Å². The predicted molar refractivity (Wildman–Crippen MR) is 109 cm³/mol. The minimum Gasteiger partial charge on any atom is -0.350 e. The van der Waals surface area contributed by atoms with Gasteiger partial charge in [0.15, 0.2) is 0 Å². The molecule has 3 aromatic rings. The summed E-state index contributed by atoms with van der Waals surface area (Å²) >= 11 is 0. The zero-order valence-electron chi connectivity index (χ0n) is 16.2. The Morgan fingerprint density at radius 1 is 1.04 bits per heavy atom. The number of hydrogen-bond donors (Lipinski definition) is 2. The second-order valence-corrected chi connectivity index (χ2v) is 7.00. The number of rotatable bonds is 4. The van der Waals surface area contributed by atoms with E-state index in [1.54, 1.807) is 43.4 Å². The smallest absolute Gasteiger partial charge is 0.260 e. The molecule has 0 saturated carbocycles. The van der Waals surface area contributed by atoms with Gasteiger partial charge in [0.1, 0.15) is 0 Å². The van der Waals surface area contributed by atoms with Gasteiger partial charge in [0, 0.05) is 29.9 Å². The van der Waals surface area contributed by atoms with Crippen LogP contribution in [0.2, 0.25) is 0 Å². The molecule has 0 aliphatic carbocycles. The van der Waals surface area contributed by atoms with Gasteiger partial charge in [-0.2, -0.15) is 0 Å². The summed E-state index contributed by atoms with van der Waals surface area (Å²) in [5, 5.41) is 6.11. The molecular weight excluding hydrogens is 356 g/mol. The quantitative estimate of drug-likeness (QED) is 0.730. The molecule has 1 aromatic heterocycles. The van der Waals surface area contributed by atoms with Crippen molar-refractivity contribution in [3.63, 3.8) is 0 Å². The second kappa shape index (κ2) is 7.64. The Hall–Kier alpha value is -3.48. The molecule has 0 aliphatic rings. The van der Waals surface area contributed by atoms with Gasteiger partial charge >= 0.3 is 0 Å². The number of fused-ring (bicyclic) bond motifs is 1. The highest BCUT2D eigenvalue weighted by atomic mass is 16.2. The van der Waals surface area contributed by atoms with E-state index in [9.17, 15) is 14.4 Å². The lowest BCUT2D eigenvalue weighted by atomic mass is 10.1. The van der Waals surface area contributed by atoms with Gasteiger partial charge in [-0.3, -0.25) is 14.4 Å². The molecule has 0 unspecified atom stereocenters. The molecule has 0 spiro atoms. The van der Waals surface area contributed by atoms with Crippen LogP contribution in [-0.2, 0) is 7.05 Å². The second-order valence-electron chi connectivity index (χ2n) is 7.00. The number of amides is 2. The Kier molecular flexibility index (Phi) is 5.26. The lowest BCUT2D eigenvalue weighted by Crippen LogP contribution is -2.30. The summed E-state index contributed by atoms with van der Waals surface area (Å²) < 4.78 is 1.39. The first-order valence-corrected chi connectivity index (χ1v) is 8.94. The Balaban J connectivity index is 1.88. The van der Waals surface area contributed by atoms with Crippen LogP contribution in [0.5, 0.6) is 0 Å². The highest BCUT2D eigenvalue weighted by Gasteiger charge is 2.13. The van der Waals surface area contributed by atoms with Crippen molar-refractivity contribution in [2.24, 2.45) is 7.05 Å². The van der Waals surface area contributed by atoms with Gasteiger partial charge in [0.05, 0.1) is 17.2 Å². The van der Waals surface area contributed by atoms with Gasteiger partial charge in [0.25, 0.3) is 17.4 Å². The van der Waals surface area contributed by atoms with Gasteiger partial charge in [-0.1, -0.05) is 6.07 Å². The largest absolute Gasteiger partial charge is 0.350 e. The van der Waals surface area contributed by atoms with Crippen LogP contribution in [0, 0.1) is 6.92 Å². The first-order valence-electron chi connectivity index (χ1n) is 8.94. The van der Waals surface area contributed by atoms with E-state index in [1.165, 1.54) is 10.9 Å². The van der Waals surface area contributed by atoms with Gasteiger partial charge in [-0.15, -0.1) is 0 Å². The molecule has 2 amide bonds. The van der Waals surface area contributed by atoms with Crippen LogP contribution < -0.4 is 16.2 Å². The summed E-state index contributed by atoms with van der Waals surface area (Å²) in [4.78, 5) is 41.2. The zero-order chi connectivity index (χ0) is 20.4. The number of aryl methyl sites for hydroxylation is 2. The molecule has 0 aliphatic heterocycles. The first-order chi connectivity index (χ1) is 13.3. The van der Waals surface area contributed by atoms with Crippen LogP contribution in [0.4, 0.5) is 5.69 Å². The molecule has 7 heteroatoms. The lowest BCUT2D eigenvalue weighted by molar-refractivity contribution is 0.0941. The van der Waals surface area contributed by atoms with Gasteiger partial charge < -0.3 is 15.2 Å². The number of anilines is 1. The van der Waals surface area contributed by atoms with E-state index >= 15 is 0 Å². The van der Waals surface area contributed by atoms with Crippen molar-refractivity contribution in [2.75, 3.05) is 5.32 Å². The van der Waals surface area contributed by atoms with E-state index < -0.39 is 0 Å². The summed E-state index contributed by atoms with van der Waals surface area (Å²) in [7, 11) is 1.63. The molecule has 7 nitrogen and oxygen atoms in total. The molecule has 1 heterocycles. The fourth-order valence-corrected chi connectivity index (χ4v) is 2.79. The van der Waals surface area contributed by atoms with Gasteiger partial charge in [-0.05, 0) is 56.7 Å². The number of aromatic nitrogens is 2. The minimum atomic E-state index is -0.339. The van der Waals surface area contributed by atoms with E-state index in [0.29, 0.717) is 27.7 Å². The summed E-state index contributed by atoms with van der Waals surface area (Å²) in [5.74, 6) is -0.537. The fourth-order valence-electron chi connectivity index (χ4n) is 2.79. The molecule has 3 rings (SSSR count). The van der Waals surface area contributed by atoms with Gasteiger partial charge in [0.2, 0.25) is 0 Å². The number of hydrogen-bond acceptors (Lipinski definition) is 4. The molecule has 0 saturated heterocycles. The Morgan fingerprint density at radius 2 is 1.71 bits per heavy atom. The highest BCUT2D eigenvalue weighted by Crippen LogP contribution is 2.19. The molecule has 144 valence electrons. The van der Waals surface area contributed by atoms with Crippen LogP contribution >= 0.6 is 0 Å². The molecule has 0 atom stereocenters. The van der Waals surface area contributed by atoms with E-state index in [1.807, 2.05) is 20.8 Å². The maximum absolute atomic E-state index is 12.7. The molecule has 0 bridgehead atoms. The predicted octanol–water partition coefficient (Wildman–Crippen LogP) is 2.63. The molecule has 28 heavy (non-hydrogen) atoms. The molecule has 0 radical (unpaired) electrons. The van der Waals surface area contributed by atoms with Crippen molar-refractivity contribution in [2.45, 2.75) is 26.8 Å². The Morgan fingerprint density at radius 3 is 2.43 bits per heavy atom. The Bertz CT molecular complexity index is 1130. The summed E-state index contributed by atoms with van der Waals surface area (Å²) in [6, 6.07) is 9.94. The lowest BCUT2D eigenvalue weighted by Gasteiger charge is -2.12. The minimum absolute atomic E-state index is 0.0182. The van der Waals surface area contributed by atoms with Crippen LogP contribution in [0.3, 0.4) is 0 Å². The third kappa shape index (κ3) is 3.93. The van der Waals surface area contributed by atoms with Crippen LogP contribution in [0.25, 0.3) is 10.9 Å². The van der Waals surface area contributed by atoms with Crippen molar-refractivity contribution >= 4 is 28.4 Å². The van der Waals surface area contributed by atoms with Crippen LogP contribution in [0.15, 0.2) is 47.5 Å². The number of benzene rings is 2. The summed E-state index contributed by atoms with van der Waals surface area (Å²) in [6.45, 7) is 5.62. The average molecular weight is 378 g/mol.